The molecule has 0 aromatic carbocycles. The summed E-state index contributed by atoms with van der Waals surface area (Å²) < 4.78 is 0. The number of hydrogen-bond donors (Lipinski definition) is 2. The molecular weight excluding hydrogens is 206 g/mol. The molecule has 2 rings (SSSR count). The predicted molar refractivity (Wildman–Crippen MR) is 61.3 cm³/mol. The summed E-state index contributed by atoms with van der Waals surface area (Å²) in [6.45, 7) is 4.23. The number of fused-ring (bicyclic) bond motifs is 1. The molecular formula is C11H21N3O2. The van der Waals surface area contributed by atoms with E-state index >= 15 is 0 Å². The fourth-order valence-corrected chi connectivity index (χ4v) is 2.92. The third kappa shape index (κ3) is 2.36. The van der Waals surface area contributed by atoms with Gasteiger partial charge in [-0.05, 0) is 32.4 Å². The minimum Gasteiger partial charge on any atom is -0.480 e. The fourth-order valence-electron chi connectivity index (χ4n) is 2.92. The van der Waals surface area contributed by atoms with Crippen LogP contribution in [0.3, 0.4) is 0 Å². The van der Waals surface area contributed by atoms with Gasteiger partial charge in [0.15, 0.2) is 0 Å². The molecule has 0 aliphatic carbocycles. The van der Waals surface area contributed by atoms with Gasteiger partial charge in [0.2, 0.25) is 0 Å². The Bertz CT molecular complexity index is 260. The molecule has 2 aliphatic heterocycles. The SMILES string of the molecule is NCC(C(=O)O)N1CCCN2CCCC2C1. The minimum atomic E-state index is -0.783. The summed E-state index contributed by atoms with van der Waals surface area (Å²) >= 11 is 0. The van der Waals surface area contributed by atoms with Gasteiger partial charge in [-0.15, -0.1) is 0 Å². The molecule has 2 saturated heterocycles. The molecule has 0 aromatic rings. The highest BCUT2D eigenvalue weighted by Crippen LogP contribution is 2.22. The van der Waals surface area contributed by atoms with Gasteiger partial charge in [-0.25, -0.2) is 0 Å². The first-order valence-electron chi connectivity index (χ1n) is 6.13. The number of aliphatic carboxylic acids is 1. The minimum absolute atomic E-state index is 0.210. The summed E-state index contributed by atoms with van der Waals surface area (Å²) in [5.74, 6) is -0.783. The van der Waals surface area contributed by atoms with E-state index in [1.165, 1.54) is 19.4 Å². The summed E-state index contributed by atoms with van der Waals surface area (Å²) in [5.41, 5.74) is 5.56. The molecule has 2 aliphatic rings. The van der Waals surface area contributed by atoms with Crippen molar-refractivity contribution >= 4 is 5.97 Å². The van der Waals surface area contributed by atoms with Crippen LogP contribution < -0.4 is 5.73 Å². The van der Waals surface area contributed by atoms with Gasteiger partial charge < -0.3 is 10.8 Å². The molecule has 0 amide bonds. The van der Waals surface area contributed by atoms with Crippen molar-refractivity contribution in [2.45, 2.75) is 31.3 Å². The van der Waals surface area contributed by atoms with E-state index in [9.17, 15) is 4.79 Å². The van der Waals surface area contributed by atoms with Crippen molar-refractivity contribution in [2.75, 3.05) is 32.7 Å². The van der Waals surface area contributed by atoms with Crippen molar-refractivity contribution in [1.29, 1.82) is 0 Å². The molecule has 0 aromatic heterocycles. The molecule has 16 heavy (non-hydrogen) atoms. The number of carbonyl (C=O) groups is 1. The summed E-state index contributed by atoms with van der Waals surface area (Å²) in [6.07, 6.45) is 3.51. The van der Waals surface area contributed by atoms with Gasteiger partial charge in [0.25, 0.3) is 0 Å². The van der Waals surface area contributed by atoms with Crippen LogP contribution in [0.15, 0.2) is 0 Å². The van der Waals surface area contributed by atoms with Gasteiger partial charge in [-0.3, -0.25) is 14.6 Å². The number of hydrogen-bond acceptors (Lipinski definition) is 4. The highest BCUT2D eigenvalue weighted by Gasteiger charge is 2.33. The maximum absolute atomic E-state index is 11.1. The van der Waals surface area contributed by atoms with Crippen LogP contribution in [0.1, 0.15) is 19.3 Å². The third-order valence-corrected chi connectivity index (χ3v) is 3.78. The van der Waals surface area contributed by atoms with E-state index in [2.05, 4.69) is 9.80 Å². The van der Waals surface area contributed by atoms with Crippen LogP contribution >= 0.6 is 0 Å². The summed E-state index contributed by atoms with van der Waals surface area (Å²) in [5, 5.41) is 9.12. The van der Waals surface area contributed by atoms with Crippen LogP contribution in [0.4, 0.5) is 0 Å². The Kier molecular flexibility index (Phi) is 3.78. The lowest BCUT2D eigenvalue weighted by Crippen LogP contribution is -2.49. The quantitative estimate of drug-likeness (QED) is 0.684. The molecule has 3 N–H and O–H groups in total. The Morgan fingerprint density at radius 2 is 2.12 bits per heavy atom. The molecule has 0 spiro atoms. The highest BCUT2D eigenvalue weighted by atomic mass is 16.4. The van der Waals surface area contributed by atoms with Crippen molar-refractivity contribution in [2.24, 2.45) is 5.73 Å². The zero-order valence-corrected chi connectivity index (χ0v) is 9.64. The van der Waals surface area contributed by atoms with Crippen LogP contribution in [0.25, 0.3) is 0 Å². The average Bonchev–Trinajstić information content (AvgIpc) is 2.58. The second-order valence-electron chi connectivity index (χ2n) is 4.77. The van der Waals surface area contributed by atoms with Crippen LogP contribution in [0.5, 0.6) is 0 Å². The van der Waals surface area contributed by atoms with Gasteiger partial charge in [-0.1, -0.05) is 0 Å². The van der Waals surface area contributed by atoms with Crippen LogP contribution in [-0.2, 0) is 4.79 Å². The second kappa shape index (κ2) is 5.12. The number of nitrogens with two attached hydrogens (primary N) is 1. The van der Waals surface area contributed by atoms with Crippen LogP contribution in [0, 0.1) is 0 Å². The molecule has 2 atom stereocenters. The first kappa shape index (κ1) is 11.8. The topological polar surface area (TPSA) is 69.8 Å². The molecule has 5 heteroatoms. The summed E-state index contributed by atoms with van der Waals surface area (Å²) in [7, 11) is 0. The molecule has 0 radical (unpaired) electrons. The second-order valence-corrected chi connectivity index (χ2v) is 4.77. The standard InChI is InChI=1S/C11H21N3O2/c12-7-10(11(15)16)14-6-2-5-13-4-1-3-9(13)8-14/h9-10H,1-8,12H2,(H,15,16). The van der Waals surface area contributed by atoms with E-state index < -0.39 is 12.0 Å². The Labute approximate surface area is 96.2 Å². The van der Waals surface area contributed by atoms with E-state index in [0.29, 0.717) is 6.04 Å². The molecule has 5 nitrogen and oxygen atoms in total. The Morgan fingerprint density at radius 1 is 1.38 bits per heavy atom. The Balaban J connectivity index is 2.01. The van der Waals surface area contributed by atoms with E-state index in [-0.39, 0.29) is 6.54 Å². The first-order chi connectivity index (χ1) is 7.72. The highest BCUT2D eigenvalue weighted by molar-refractivity contribution is 5.73. The van der Waals surface area contributed by atoms with E-state index in [1.807, 2.05) is 0 Å². The summed E-state index contributed by atoms with van der Waals surface area (Å²) in [4.78, 5) is 15.6. The van der Waals surface area contributed by atoms with Crippen molar-refractivity contribution in [3.05, 3.63) is 0 Å². The van der Waals surface area contributed by atoms with E-state index in [4.69, 9.17) is 10.8 Å². The molecule has 2 heterocycles. The third-order valence-electron chi connectivity index (χ3n) is 3.78. The smallest absolute Gasteiger partial charge is 0.322 e. The monoisotopic (exact) mass is 227 g/mol. The van der Waals surface area contributed by atoms with E-state index in [1.54, 1.807) is 0 Å². The zero-order chi connectivity index (χ0) is 11.5. The van der Waals surface area contributed by atoms with Crippen molar-refractivity contribution < 1.29 is 9.90 Å². The van der Waals surface area contributed by atoms with Crippen molar-refractivity contribution in [1.82, 2.24) is 9.80 Å². The van der Waals surface area contributed by atoms with Gasteiger partial charge in [-0.2, -0.15) is 0 Å². The van der Waals surface area contributed by atoms with E-state index in [0.717, 1.165) is 26.1 Å². The maximum atomic E-state index is 11.1. The fraction of sp³-hybridized carbons (Fsp3) is 0.909. The van der Waals surface area contributed by atoms with Crippen LogP contribution in [-0.4, -0.2) is 65.7 Å². The van der Waals surface area contributed by atoms with Gasteiger partial charge >= 0.3 is 5.97 Å². The maximum Gasteiger partial charge on any atom is 0.322 e. The molecule has 0 saturated carbocycles. The lowest BCUT2D eigenvalue weighted by atomic mass is 10.1. The number of carboxylic acid groups (broad SMARTS) is 1. The molecule has 2 unspecified atom stereocenters. The van der Waals surface area contributed by atoms with Gasteiger partial charge in [0.05, 0.1) is 0 Å². The van der Waals surface area contributed by atoms with Crippen molar-refractivity contribution in [3.8, 4) is 0 Å². The Hall–Kier alpha value is -0.650. The number of rotatable bonds is 3. The van der Waals surface area contributed by atoms with Crippen LogP contribution in [0.2, 0.25) is 0 Å². The lowest BCUT2D eigenvalue weighted by Gasteiger charge is -2.29. The Morgan fingerprint density at radius 3 is 2.81 bits per heavy atom. The lowest BCUT2D eigenvalue weighted by molar-refractivity contribution is -0.143. The normalized spacial score (nSPS) is 29.7. The number of carboxylic acids is 1. The average molecular weight is 227 g/mol. The molecule has 0 bridgehead atoms. The molecule has 92 valence electrons. The first-order valence-corrected chi connectivity index (χ1v) is 6.13. The van der Waals surface area contributed by atoms with Gasteiger partial charge in [0, 0.05) is 25.7 Å². The number of nitrogens with zero attached hydrogens (tertiary/aromatic N) is 2. The predicted octanol–water partition coefficient (Wildman–Crippen LogP) is -0.432. The molecule has 2 fully saturated rings. The zero-order valence-electron chi connectivity index (χ0n) is 9.64. The van der Waals surface area contributed by atoms with Crippen molar-refractivity contribution in [3.63, 3.8) is 0 Å². The van der Waals surface area contributed by atoms with Gasteiger partial charge in [0.1, 0.15) is 6.04 Å². The largest absolute Gasteiger partial charge is 0.480 e. The summed E-state index contributed by atoms with van der Waals surface area (Å²) in [6, 6.07) is 0.0523.